The molecule has 0 aromatic heterocycles. The maximum absolute atomic E-state index is 12.9. The summed E-state index contributed by atoms with van der Waals surface area (Å²) in [6.07, 6.45) is 0. The molecule has 0 spiro atoms. The molecule has 5 heteroatoms. The van der Waals surface area contributed by atoms with Crippen LogP contribution in [0, 0.1) is 0 Å². The third-order valence-corrected chi connectivity index (χ3v) is 4.97. The lowest BCUT2D eigenvalue weighted by atomic mass is 9.97. The van der Waals surface area contributed by atoms with Crippen LogP contribution < -0.4 is 4.74 Å². The molecule has 4 aromatic rings. The van der Waals surface area contributed by atoms with Crippen LogP contribution in [0.5, 0.6) is 5.75 Å². The summed E-state index contributed by atoms with van der Waals surface area (Å²) in [5.74, 6) is 0.122. The van der Waals surface area contributed by atoms with Gasteiger partial charge in [0, 0.05) is 5.02 Å². The Morgan fingerprint density at radius 2 is 1.43 bits per heavy atom. The van der Waals surface area contributed by atoms with Gasteiger partial charge >= 0.3 is 5.97 Å². The Bertz CT molecular complexity index is 1120. The lowest BCUT2D eigenvalue weighted by Crippen LogP contribution is -2.13. The maximum Gasteiger partial charge on any atom is 0.339 e. The summed E-state index contributed by atoms with van der Waals surface area (Å²) < 4.78 is 11.1. The average Bonchev–Trinajstić information content (AvgIpc) is 2.70. The number of ether oxygens (including phenoxy) is 2. The highest BCUT2D eigenvalue weighted by atomic mass is 35.5. The smallest absolute Gasteiger partial charge is 0.339 e. The highest BCUT2D eigenvalue weighted by Crippen LogP contribution is 2.29. The lowest BCUT2D eigenvalue weighted by molar-refractivity contribution is 0.0455. The Morgan fingerprint density at radius 1 is 0.786 bits per heavy atom. The van der Waals surface area contributed by atoms with E-state index in [1.807, 2.05) is 48.5 Å². The van der Waals surface area contributed by atoms with Gasteiger partial charge in [0.15, 0.2) is 0 Å². The first-order chi connectivity index (χ1) is 13.6. The molecule has 140 valence electrons. The zero-order valence-corrected chi connectivity index (χ0v) is 16.3. The van der Waals surface area contributed by atoms with Gasteiger partial charge in [-0.3, -0.25) is 0 Å². The van der Waals surface area contributed by atoms with Gasteiger partial charge in [-0.1, -0.05) is 71.7 Å². The van der Waals surface area contributed by atoms with Gasteiger partial charge in [0.2, 0.25) is 0 Å². The monoisotopic (exact) mass is 410 g/mol. The number of esters is 1. The Balaban J connectivity index is 1.53. The molecule has 28 heavy (non-hydrogen) atoms. The quantitative estimate of drug-likeness (QED) is 0.213. The van der Waals surface area contributed by atoms with Crippen LogP contribution in [-0.4, -0.2) is 19.2 Å². The van der Waals surface area contributed by atoms with E-state index in [1.165, 1.54) is 0 Å². The predicted octanol–water partition coefficient (Wildman–Crippen LogP) is 6.54. The molecule has 0 atom stereocenters. The fourth-order valence-electron chi connectivity index (χ4n) is 3.18. The SMILES string of the molecule is O=C(OCCOc1ccc(Cl)cc1Cl)c1c2ccccc2cc2ccccc12. The number of halogens is 2. The number of carbonyl (C=O) groups excluding carboxylic acids is 1. The van der Waals surface area contributed by atoms with Crippen molar-refractivity contribution in [1.29, 1.82) is 0 Å². The summed E-state index contributed by atoms with van der Waals surface area (Å²) in [6.45, 7) is 0.297. The van der Waals surface area contributed by atoms with E-state index >= 15 is 0 Å². The number of benzene rings is 4. The van der Waals surface area contributed by atoms with E-state index in [4.69, 9.17) is 32.7 Å². The molecule has 4 rings (SSSR count). The first-order valence-electron chi connectivity index (χ1n) is 8.79. The van der Waals surface area contributed by atoms with E-state index in [1.54, 1.807) is 18.2 Å². The van der Waals surface area contributed by atoms with E-state index in [-0.39, 0.29) is 19.2 Å². The number of hydrogen-bond acceptors (Lipinski definition) is 3. The molecule has 0 aliphatic carbocycles. The second kappa shape index (κ2) is 8.09. The molecule has 0 saturated heterocycles. The van der Waals surface area contributed by atoms with Crippen molar-refractivity contribution in [3.63, 3.8) is 0 Å². The van der Waals surface area contributed by atoms with Crippen molar-refractivity contribution in [3.05, 3.63) is 88.4 Å². The van der Waals surface area contributed by atoms with Crippen LogP contribution in [0.1, 0.15) is 10.4 Å². The number of fused-ring (bicyclic) bond motifs is 2. The number of carbonyl (C=O) groups is 1. The van der Waals surface area contributed by atoms with E-state index in [9.17, 15) is 4.79 Å². The summed E-state index contributed by atoms with van der Waals surface area (Å²) in [7, 11) is 0. The molecule has 3 nitrogen and oxygen atoms in total. The van der Waals surface area contributed by atoms with E-state index in [0.717, 1.165) is 21.5 Å². The van der Waals surface area contributed by atoms with Gasteiger partial charge in [0.25, 0.3) is 0 Å². The molecule has 0 unspecified atom stereocenters. The standard InChI is InChI=1S/C23H16Cl2O3/c24-17-9-10-21(20(25)14-17)27-11-12-28-23(26)22-18-7-3-1-5-15(18)13-16-6-2-4-8-19(16)22/h1-10,13-14H,11-12H2. The molecular formula is C23H16Cl2O3. The molecule has 0 saturated carbocycles. The molecule has 0 fully saturated rings. The van der Waals surface area contributed by atoms with Crippen LogP contribution in [0.4, 0.5) is 0 Å². The summed E-state index contributed by atoms with van der Waals surface area (Å²) in [4.78, 5) is 12.9. The van der Waals surface area contributed by atoms with Crippen molar-refractivity contribution in [1.82, 2.24) is 0 Å². The number of hydrogen-bond donors (Lipinski definition) is 0. The van der Waals surface area contributed by atoms with Crippen molar-refractivity contribution in [2.75, 3.05) is 13.2 Å². The van der Waals surface area contributed by atoms with Crippen molar-refractivity contribution < 1.29 is 14.3 Å². The molecule has 4 aromatic carbocycles. The van der Waals surface area contributed by atoms with Gasteiger partial charge in [0.1, 0.15) is 19.0 Å². The van der Waals surface area contributed by atoms with Crippen LogP contribution >= 0.6 is 23.2 Å². The summed E-state index contributed by atoms with van der Waals surface area (Å²) in [5, 5.41) is 4.68. The van der Waals surface area contributed by atoms with Gasteiger partial charge in [-0.15, -0.1) is 0 Å². The van der Waals surface area contributed by atoms with Gasteiger partial charge in [-0.05, 0) is 45.8 Å². The summed E-state index contributed by atoms with van der Waals surface area (Å²) in [5.41, 5.74) is 0.568. The molecule has 0 amide bonds. The lowest BCUT2D eigenvalue weighted by Gasteiger charge is -2.12. The normalized spacial score (nSPS) is 10.9. The highest BCUT2D eigenvalue weighted by molar-refractivity contribution is 6.35. The number of rotatable bonds is 5. The van der Waals surface area contributed by atoms with Crippen LogP contribution in [0.25, 0.3) is 21.5 Å². The zero-order valence-electron chi connectivity index (χ0n) is 14.8. The molecule has 0 bridgehead atoms. The fraction of sp³-hybridized carbons (Fsp3) is 0.0870. The molecule has 0 radical (unpaired) electrons. The topological polar surface area (TPSA) is 35.5 Å². The summed E-state index contributed by atoms with van der Waals surface area (Å²) in [6, 6.07) is 22.6. The molecule has 0 aliphatic rings. The van der Waals surface area contributed by atoms with Crippen molar-refractivity contribution in [2.45, 2.75) is 0 Å². The van der Waals surface area contributed by atoms with Crippen LogP contribution in [-0.2, 0) is 4.74 Å². The Labute approximate surface area is 172 Å². The predicted molar refractivity (Wildman–Crippen MR) is 114 cm³/mol. The minimum Gasteiger partial charge on any atom is -0.488 e. The Kier molecular flexibility index (Phi) is 5.38. The largest absolute Gasteiger partial charge is 0.488 e. The second-order valence-corrected chi connectivity index (χ2v) is 7.10. The first-order valence-corrected chi connectivity index (χ1v) is 9.54. The van der Waals surface area contributed by atoms with Gasteiger partial charge in [-0.25, -0.2) is 4.79 Å². The van der Waals surface area contributed by atoms with E-state index in [2.05, 4.69) is 6.07 Å². The van der Waals surface area contributed by atoms with E-state index in [0.29, 0.717) is 21.4 Å². The Hall–Kier alpha value is -2.75. The minimum atomic E-state index is -0.376. The Morgan fingerprint density at radius 3 is 2.07 bits per heavy atom. The van der Waals surface area contributed by atoms with Gasteiger partial charge in [0.05, 0.1) is 10.6 Å². The molecule has 0 N–H and O–H groups in total. The van der Waals surface area contributed by atoms with Crippen LogP contribution in [0.2, 0.25) is 10.0 Å². The van der Waals surface area contributed by atoms with Crippen LogP contribution in [0.15, 0.2) is 72.8 Å². The van der Waals surface area contributed by atoms with Crippen molar-refractivity contribution >= 4 is 50.7 Å². The van der Waals surface area contributed by atoms with Crippen LogP contribution in [0.3, 0.4) is 0 Å². The van der Waals surface area contributed by atoms with Gasteiger partial charge < -0.3 is 9.47 Å². The third-order valence-electron chi connectivity index (χ3n) is 4.44. The summed E-state index contributed by atoms with van der Waals surface area (Å²) >= 11 is 12.0. The fourth-order valence-corrected chi connectivity index (χ4v) is 3.65. The maximum atomic E-state index is 12.9. The van der Waals surface area contributed by atoms with E-state index < -0.39 is 0 Å². The highest BCUT2D eigenvalue weighted by Gasteiger charge is 2.16. The zero-order chi connectivity index (χ0) is 19.5. The molecular weight excluding hydrogens is 395 g/mol. The molecule has 0 aliphatic heterocycles. The van der Waals surface area contributed by atoms with Gasteiger partial charge in [-0.2, -0.15) is 0 Å². The second-order valence-electron chi connectivity index (χ2n) is 6.25. The minimum absolute atomic E-state index is 0.106. The van der Waals surface area contributed by atoms with Crippen molar-refractivity contribution in [2.24, 2.45) is 0 Å². The first kappa shape index (κ1) is 18.6. The average molecular weight is 411 g/mol. The third kappa shape index (κ3) is 3.77. The van der Waals surface area contributed by atoms with Crippen molar-refractivity contribution in [3.8, 4) is 5.75 Å². The molecule has 0 heterocycles.